The van der Waals surface area contributed by atoms with Gasteiger partial charge in [-0.3, -0.25) is 19.3 Å². The zero-order chi connectivity index (χ0) is 15.0. The minimum Gasteiger partial charge on any atom is -0.302 e. The van der Waals surface area contributed by atoms with Crippen molar-refractivity contribution in [3.8, 4) is 0 Å². The topological polar surface area (TPSA) is 67.8 Å². The Morgan fingerprint density at radius 3 is 2.86 bits per heavy atom. The van der Waals surface area contributed by atoms with Crippen molar-refractivity contribution in [2.75, 3.05) is 0 Å². The maximum absolute atomic E-state index is 12.6. The molecule has 0 aliphatic carbocycles. The second kappa shape index (κ2) is 5.18. The summed E-state index contributed by atoms with van der Waals surface area (Å²) in [6.07, 6.45) is 3.05. The standard InChI is InChI=1S/C15H12ClN3O2/c1-2-19-15(21)11(8-18-19)14(20)10-5-6-12(16)13-9(10)4-3-7-17-13/h3-8,18H,2H2,1H3. The first kappa shape index (κ1) is 13.6. The van der Waals surface area contributed by atoms with E-state index in [2.05, 4.69) is 10.1 Å². The second-order valence-electron chi connectivity index (χ2n) is 4.56. The third-order valence-corrected chi connectivity index (χ3v) is 3.67. The van der Waals surface area contributed by atoms with Gasteiger partial charge in [0, 0.05) is 29.9 Å². The van der Waals surface area contributed by atoms with Crippen LogP contribution >= 0.6 is 11.6 Å². The summed E-state index contributed by atoms with van der Waals surface area (Å²) in [6, 6.07) is 6.75. The van der Waals surface area contributed by atoms with E-state index in [9.17, 15) is 9.59 Å². The molecule has 0 radical (unpaired) electrons. The molecule has 0 spiro atoms. The van der Waals surface area contributed by atoms with Gasteiger partial charge in [-0.15, -0.1) is 0 Å². The summed E-state index contributed by atoms with van der Waals surface area (Å²) in [5, 5.41) is 3.89. The Labute approximate surface area is 125 Å². The molecule has 0 atom stereocenters. The Morgan fingerprint density at radius 2 is 2.14 bits per heavy atom. The van der Waals surface area contributed by atoms with Gasteiger partial charge in [0.05, 0.1) is 10.5 Å². The van der Waals surface area contributed by atoms with Crippen LogP contribution < -0.4 is 5.56 Å². The van der Waals surface area contributed by atoms with Gasteiger partial charge in [0.1, 0.15) is 5.56 Å². The molecule has 0 fully saturated rings. The van der Waals surface area contributed by atoms with Gasteiger partial charge >= 0.3 is 0 Å². The van der Waals surface area contributed by atoms with Crippen molar-refractivity contribution in [3.05, 3.63) is 63.2 Å². The monoisotopic (exact) mass is 301 g/mol. The van der Waals surface area contributed by atoms with Gasteiger partial charge in [-0.05, 0) is 25.1 Å². The van der Waals surface area contributed by atoms with Crippen molar-refractivity contribution in [1.82, 2.24) is 14.8 Å². The number of carbonyl (C=O) groups excluding carboxylic acids is 1. The van der Waals surface area contributed by atoms with Gasteiger partial charge in [0.2, 0.25) is 5.78 Å². The molecule has 2 aromatic heterocycles. The first-order chi connectivity index (χ1) is 10.1. The van der Waals surface area contributed by atoms with E-state index in [0.29, 0.717) is 28.0 Å². The van der Waals surface area contributed by atoms with E-state index in [-0.39, 0.29) is 16.9 Å². The maximum atomic E-state index is 12.6. The molecule has 3 rings (SSSR count). The van der Waals surface area contributed by atoms with Gasteiger partial charge in [0.15, 0.2) is 0 Å². The molecule has 21 heavy (non-hydrogen) atoms. The number of aromatic amines is 1. The minimum absolute atomic E-state index is 0.115. The Bertz CT molecular complexity index is 895. The summed E-state index contributed by atoms with van der Waals surface area (Å²) in [5.41, 5.74) is 0.761. The molecular formula is C15H12ClN3O2. The Hall–Kier alpha value is -2.40. The highest BCUT2D eigenvalue weighted by atomic mass is 35.5. The fourth-order valence-electron chi connectivity index (χ4n) is 2.29. The second-order valence-corrected chi connectivity index (χ2v) is 4.97. The number of aryl methyl sites for hydroxylation is 1. The molecule has 106 valence electrons. The van der Waals surface area contributed by atoms with Crippen LogP contribution in [0.4, 0.5) is 0 Å². The summed E-state index contributed by atoms with van der Waals surface area (Å²) in [6.45, 7) is 2.31. The number of hydrogen-bond acceptors (Lipinski definition) is 3. The molecule has 0 saturated heterocycles. The summed E-state index contributed by atoms with van der Waals surface area (Å²) in [7, 11) is 0. The van der Waals surface area contributed by atoms with Gasteiger partial charge in [-0.2, -0.15) is 0 Å². The molecule has 0 saturated carbocycles. The van der Waals surface area contributed by atoms with E-state index >= 15 is 0 Å². The number of nitrogens with zero attached hydrogens (tertiary/aromatic N) is 2. The maximum Gasteiger partial charge on any atom is 0.277 e. The number of nitrogens with one attached hydrogen (secondary N) is 1. The molecule has 1 aromatic carbocycles. The highest BCUT2D eigenvalue weighted by molar-refractivity contribution is 6.36. The highest BCUT2D eigenvalue weighted by Gasteiger charge is 2.19. The Kier molecular flexibility index (Phi) is 3.35. The van der Waals surface area contributed by atoms with Crippen molar-refractivity contribution in [2.45, 2.75) is 13.5 Å². The first-order valence-corrected chi connectivity index (χ1v) is 6.87. The van der Waals surface area contributed by atoms with Crippen LogP contribution in [0.15, 0.2) is 41.5 Å². The molecule has 6 heteroatoms. The predicted octanol–water partition coefficient (Wildman–Crippen LogP) is 2.63. The predicted molar refractivity (Wildman–Crippen MR) is 80.9 cm³/mol. The summed E-state index contributed by atoms with van der Waals surface area (Å²) in [5.74, 6) is -0.335. The van der Waals surface area contributed by atoms with Gasteiger partial charge in [-0.25, -0.2) is 0 Å². The molecule has 1 N–H and O–H groups in total. The molecule has 0 unspecified atom stereocenters. The zero-order valence-electron chi connectivity index (χ0n) is 11.3. The van der Waals surface area contributed by atoms with Crippen molar-refractivity contribution < 1.29 is 4.79 Å². The van der Waals surface area contributed by atoms with Crippen LogP contribution in [-0.4, -0.2) is 20.5 Å². The summed E-state index contributed by atoms with van der Waals surface area (Å²) < 4.78 is 1.38. The van der Waals surface area contributed by atoms with Gasteiger partial charge in [0.25, 0.3) is 5.56 Å². The fourth-order valence-corrected chi connectivity index (χ4v) is 2.50. The van der Waals surface area contributed by atoms with E-state index < -0.39 is 0 Å². The number of rotatable bonds is 3. The normalized spacial score (nSPS) is 11.0. The largest absolute Gasteiger partial charge is 0.302 e. The number of hydrogen-bond donors (Lipinski definition) is 1. The van der Waals surface area contributed by atoms with Crippen molar-refractivity contribution in [1.29, 1.82) is 0 Å². The van der Waals surface area contributed by atoms with E-state index in [0.717, 1.165) is 0 Å². The SMILES string of the molecule is CCn1[nH]cc(C(=O)c2ccc(Cl)c3ncccc23)c1=O. The molecule has 0 amide bonds. The smallest absolute Gasteiger partial charge is 0.277 e. The lowest BCUT2D eigenvalue weighted by Gasteiger charge is -2.05. The van der Waals surface area contributed by atoms with E-state index in [1.54, 1.807) is 30.5 Å². The van der Waals surface area contributed by atoms with Crippen LogP contribution in [0.5, 0.6) is 0 Å². The molecule has 0 aliphatic heterocycles. The summed E-state index contributed by atoms with van der Waals surface area (Å²) >= 11 is 6.09. The Morgan fingerprint density at radius 1 is 1.33 bits per heavy atom. The Balaban J connectivity index is 2.21. The number of aromatic nitrogens is 3. The number of carbonyl (C=O) groups is 1. The van der Waals surface area contributed by atoms with Crippen LogP contribution in [-0.2, 0) is 6.54 Å². The average molecular weight is 302 g/mol. The van der Waals surface area contributed by atoms with Gasteiger partial charge in [-0.1, -0.05) is 17.7 Å². The average Bonchev–Trinajstić information content (AvgIpc) is 2.88. The van der Waals surface area contributed by atoms with Crippen LogP contribution in [0.3, 0.4) is 0 Å². The van der Waals surface area contributed by atoms with Crippen LogP contribution in [0.2, 0.25) is 5.02 Å². The number of pyridine rings is 1. The third kappa shape index (κ3) is 2.15. The lowest BCUT2D eigenvalue weighted by molar-refractivity contribution is 0.103. The van der Waals surface area contributed by atoms with Crippen molar-refractivity contribution >= 4 is 28.3 Å². The molecule has 0 aliphatic rings. The summed E-state index contributed by atoms with van der Waals surface area (Å²) in [4.78, 5) is 28.9. The molecule has 3 aromatic rings. The number of fused-ring (bicyclic) bond motifs is 1. The van der Waals surface area contributed by atoms with Crippen LogP contribution in [0, 0.1) is 0 Å². The number of ketones is 1. The molecule has 5 nitrogen and oxygen atoms in total. The quantitative estimate of drug-likeness (QED) is 0.756. The number of H-pyrrole nitrogens is 1. The molecule has 2 heterocycles. The van der Waals surface area contributed by atoms with E-state index in [1.165, 1.54) is 10.9 Å². The minimum atomic E-state index is -0.335. The van der Waals surface area contributed by atoms with Crippen LogP contribution in [0.25, 0.3) is 10.9 Å². The third-order valence-electron chi connectivity index (χ3n) is 3.37. The van der Waals surface area contributed by atoms with Crippen molar-refractivity contribution in [3.63, 3.8) is 0 Å². The van der Waals surface area contributed by atoms with Gasteiger partial charge < -0.3 is 5.10 Å². The zero-order valence-corrected chi connectivity index (χ0v) is 12.0. The van der Waals surface area contributed by atoms with Crippen molar-refractivity contribution in [2.24, 2.45) is 0 Å². The molecular weight excluding hydrogens is 290 g/mol. The fraction of sp³-hybridized carbons (Fsp3) is 0.133. The lowest BCUT2D eigenvalue weighted by atomic mass is 10.0. The van der Waals surface area contributed by atoms with E-state index in [1.807, 2.05) is 6.92 Å². The molecule has 0 bridgehead atoms. The lowest BCUT2D eigenvalue weighted by Crippen LogP contribution is -2.21. The first-order valence-electron chi connectivity index (χ1n) is 6.49. The number of benzene rings is 1. The number of halogens is 1. The van der Waals surface area contributed by atoms with Crippen LogP contribution in [0.1, 0.15) is 22.8 Å². The highest BCUT2D eigenvalue weighted by Crippen LogP contribution is 2.25. The van der Waals surface area contributed by atoms with E-state index in [4.69, 9.17) is 11.6 Å².